The highest BCUT2D eigenvalue weighted by Gasteiger charge is 2.18. The van der Waals surface area contributed by atoms with Crippen LogP contribution in [-0.2, 0) is 6.42 Å². The molecule has 0 heterocycles. The molecule has 2 N–H and O–H groups in total. The summed E-state index contributed by atoms with van der Waals surface area (Å²) in [5.41, 5.74) is 0.799. The molecule has 0 aliphatic carbocycles. The molecule has 60 valence electrons. The van der Waals surface area contributed by atoms with Gasteiger partial charge in [0.15, 0.2) is 0 Å². The fourth-order valence-corrected chi connectivity index (χ4v) is 1.01. The van der Waals surface area contributed by atoms with E-state index in [0.717, 1.165) is 5.56 Å². The number of halogens is 1. The zero-order valence-electron chi connectivity index (χ0n) is 5.87. The zero-order chi connectivity index (χ0) is 8.32. The third-order valence-electron chi connectivity index (χ3n) is 1.27. The molecule has 11 heavy (non-hydrogen) atoms. The number of aliphatic hydroxyl groups is 2. The number of hydrogen-bond acceptors (Lipinski definition) is 2. The second kappa shape index (κ2) is 3.22. The molecule has 0 amide bonds. The predicted octanol–water partition coefficient (Wildman–Crippen LogP) is 1.11. The van der Waals surface area contributed by atoms with Crippen LogP contribution in [0, 0.1) is 0 Å². The number of alkyl halides is 1. The molecule has 0 saturated heterocycles. The Labute approximate surface area is 70.1 Å². The van der Waals surface area contributed by atoms with Crippen LogP contribution in [0.2, 0.25) is 0 Å². The molecule has 1 aromatic carbocycles. The summed E-state index contributed by atoms with van der Waals surface area (Å²) in [5, 5.41) is 15.5. The fraction of sp³-hybridized carbons (Fsp3) is 0.250. The van der Waals surface area contributed by atoms with Crippen LogP contribution in [-0.4, -0.2) is 15.5 Å². The molecular formula is C8H9ClO2. The van der Waals surface area contributed by atoms with Crippen LogP contribution >= 0.6 is 11.6 Å². The highest BCUT2D eigenvalue weighted by molar-refractivity contribution is 6.21. The van der Waals surface area contributed by atoms with Gasteiger partial charge >= 0.3 is 0 Å². The molecule has 0 aliphatic rings. The van der Waals surface area contributed by atoms with E-state index in [0.29, 0.717) is 0 Å². The van der Waals surface area contributed by atoms with Crippen LogP contribution in [0.4, 0.5) is 0 Å². The highest BCUT2D eigenvalue weighted by Crippen LogP contribution is 2.13. The second-order valence-corrected chi connectivity index (χ2v) is 2.99. The molecule has 1 rings (SSSR count). The van der Waals surface area contributed by atoms with Gasteiger partial charge in [0.05, 0.1) is 0 Å². The summed E-state index contributed by atoms with van der Waals surface area (Å²) in [6.07, 6.45) is 0.0371. The maximum absolute atomic E-state index is 8.79. The number of hydrogen-bond donors (Lipinski definition) is 2. The van der Waals surface area contributed by atoms with Gasteiger partial charge in [0.1, 0.15) is 0 Å². The van der Waals surface area contributed by atoms with Crippen molar-refractivity contribution in [2.45, 2.75) is 11.7 Å². The van der Waals surface area contributed by atoms with Crippen LogP contribution in [0.3, 0.4) is 0 Å². The van der Waals surface area contributed by atoms with E-state index < -0.39 is 5.25 Å². The summed E-state index contributed by atoms with van der Waals surface area (Å²) < 4.78 is 0. The normalized spacial score (nSPS) is 11.5. The average molecular weight is 173 g/mol. The van der Waals surface area contributed by atoms with E-state index in [1.807, 2.05) is 18.2 Å². The first-order chi connectivity index (χ1) is 5.08. The molecular weight excluding hydrogens is 164 g/mol. The van der Waals surface area contributed by atoms with Crippen molar-refractivity contribution in [2.24, 2.45) is 0 Å². The van der Waals surface area contributed by atoms with Gasteiger partial charge in [0.25, 0.3) is 0 Å². The Morgan fingerprint density at radius 3 is 2.18 bits per heavy atom. The molecule has 0 aliphatic heterocycles. The summed E-state index contributed by atoms with van der Waals surface area (Å²) in [5.74, 6) is 0. The lowest BCUT2D eigenvalue weighted by molar-refractivity contribution is -0.0825. The fourth-order valence-electron chi connectivity index (χ4n) is 0.856. The number of benzene rings is 1. The summed E-state index contributed by atoms with van der Waals surface area (Å²) in [4.78, 5) is 0. The summed E-state index contributed by atoms with van der Waals surface area (Å²) in [6.45, 7) is 0. The van der Waals surface area contributed by atoms with Crippen molar-refractivity contribution in [3.8, 4) is 0 Å². The Morgan fingerprint density at radius 2 is 1.73 bits per heavy atom. The van der Waals surface area contributed by atoms with E-state index in [4.69, 9.17) is 21.8 Å². The van der Waals surface area contributed by atoms with Crippen LogP contribution in [0.5, 0.6) is 0 Å². The molecule has 0 aromatic heterocycles. The monoisotopic (exact) mass is 172 g/mol. The van der Waals surface area contributed by atoms with Gasteiger partial charge in [-0.25, -0.2) is 0 Å². The maximum atomic E-state index is 8.79. The first-order valence-electron chi connectivity index (χ1n) is 3.25. The Morgan fingerprint density at radius 1 is 1.18 bits per heavy atom. The Hall–Kier alpha value is -0.570. The quantitative estimate of drug-likeness (QED) is 0.518. The molecule has 0 saturated carbocycles. The van der Waals surface area contributed by atoms with Crippen LogP contribution in [0.25, 0.3) is 0 Å². The van der Waals surface area contributed by atoms with Crippen molar-refractivity contribution in [1.29, 1.82) is 0 Å². The van der Waals surface area contributed by atoms with E-state index in [2.05, 4.69) is 0 Å². The summed E-state index contributed by atoms with van der Waals surface area (Å²) >= 11 is 5.18. The average Bonchev–Trinajstić information content (AvgIpc) is 1.85. The first kappa shape index (κ1) is 8.53. The number of rotatable bonds is 2. The molecule has 0 bridgehead atoms. The third kappa shape index (κ3) is 3.37. The Balaban J connectivity index is 2.66. The molecule has 2 nitrogen and oxygen atoms in total. The lowest BCUT2D eigenvalue weighted by atomic mass is 10.1. The minimum atomic E-state index is -2.12. The third-order valence-corrected chi connectivity index (χ3v) is 1.41. The van der Waals surface area contributed by atoms with Gasteiger partial charge in [-0.15, -0.1) is 0 Å². The van der Waals surface area contributed by atoms with Gasteiger partial charge in [-0.3, -0.25) is 0 Å². The topological polar surface area (TPSA) is 40.5 Å². The zero-order valence-corrected chi connectivity index (χ0v) is 6.62. The smallest absolute Gasteiger partial charge is 0.247 e. The van der Waals surface area contributed by atoms with E-state index in [1.54, 1.807) is 12.1 Å². The Bertz CT molecular complexity index is 215. The molecule has 0 atom stereocenters. The van der Waals surface area contributed by atoms with E-state index in [1.165, 1.54) is 0 Å². The lowest BCUT2D eigenvalue weighted by Gasteiger charge is -2.11. The van der Waals surface area contributed by atoms with Gasteiger partial charge < -0.3 is 10.2 Å². The minimum Gasteiger partial charge on any atom is -0.353 e. The molecule has 3 heteroatoms. The standard InChI is InChI=1S/C8H9ClO2/c9-8(10,11)6-7-4-2-1-3-5-7/h1-5,10-11H,6H2. The summed E-state index contributed by atoms with van der Waals surface area (Å²) in [6, 6.07) is 9.05. The molecule has 0 spiro atoms. The van der Waals surface area contributed by atoms with Crippen LogP contribution in [0.15, 0.2) is 30.3 Å². The van der Waals surface area contributed by atoms with E-state index in [9.17, 15) is 0 Å². The van der Waals surface area contributed by atoms with Crippen molar-refractivity contribution in [3.63, 3.8) is 0 Å². The van der Waals surface area contributed by atoms with Gasteiger partial charge in [0.2, 0.25) is 5.25 Å². The van der Waals surface area contributed by atoms with Crippen molar-refractivity contribution >= 4 is 11.6 Å². The maximum Gasteiger partial charge on any atom is 0.247 e. The summed E-state index contributed by atoms with van der Waals surface area (Å²) in [7, 11) is 0. The molecule has 0 unspecified atom stereocenters. The second-order valence-electron chi connectivity index (χ2n) is 2.38. The molecule has 0 fully saturated rings. The van der Waals surface area contributed by atoms with Crippen molar-refractivity contribution < 1.29 is 10.2 Å². The van der Waals surface area contributed by atoms with Gasteiger partial charge in [0, 0.05) is 6.42 Å². The van der Waals surface area contributed by atoms with E-state index in [-0.39, 0.29) is 6.42 Å². The van der Waals surface area contributed by atoms with Gasteiger partial charge in [-0.1, -0.05) is 41.9 Å². The van der Waals surface area contributed by atoms with Crippen molar-refractivity contribution in [1.82, 2.24) is 0 Å². The largest absolute Gasteiger partial charge is 0.353 e. The molecule has 1 aromatic rings. The SMILES string of the molecule is OC(O)(Cl)Cc1ccccc1. The van der Waals surface area contributed by atoms with Gasteiger partial charge in [-0.05, 0) is 5.56 Å². The van der Waals surface area contributed by atoms with Crippen LogP contribution in [0.1, 0.15) is 5.56 Å². The first-order valence-corrected chi connectivity index (χ1v) is 3.63. The highest BCUT2D eigenvalue weighted by atomic mass is 35.5. The minimum absolute atomic E-state index is 0.0371. The Kier molecular flexibility index (Phi) is 2.49. The molecule has 0 radical (unpaired) electrons. The predicted molar refractivity (Wildman–Crippen MR) is 43.2 cm³/mol. The van der Waals surface area contributed by atoms with Crippen molar-refractivity contribution in [3.05, 3.63) is 35.9 Å². The van der Waals surface area contributed by atoms with Crippen molar-refractivity contribution in [2.75, 3.05) is 0 Å². The lowest BCUT2D eigenvalue weighted by Crippen LogP contribution is -2.22. The van der Waals surface area contributed by atoms with Gasteiger partial charge in [-0.2, -0.15) is 0 Å². The van der Waals surface area contributed by atoms with E-state index >= 15 is 0 Å². The van der Waals surface area contributed by atoms with Crippen LogP contribution < -0.4 is 0 Å².